The van der Waals surface area contributed by atoms with Crippen molar-refractivity contribution in [1.82, 2.24) is 9.80 Å². The number of carbonyl (C=O) groups is 1. The second-order valence-electron chi connectivity index (χ2n) is 8.64. The van der Waals surface area contributed by atoms with Gasteiger partial charge in [0.05, 0.1) is 119 Å². The quantitative estimate of drug-likeness (QED) is 0.0626. The summed E-state index contributed by atoms with van der Waals surface area (Å²) in [5.74, 6) is -0.446. The zero-order chi connectivity index (χ0) is 28.8. The summed E-state index contributed by atoms with van der Waals surface area (Å²) >= 11 is 0. The fraction of sp³-hybridized carbons (Fsp3) is 0.889. The number of methoxy groups -OCH3 is 1. The number of esters is 1. The molecule has 40 heavy (non-hydrogen) atoms. The number of carbonyl (C=O) groups excluding carboxylic acids is 1. The highest BCUT2D eigenvalue weighted by Gasteiger charge is 2.18. The first kappa shape index (κ1) is 36.8. The fourth-order valence-electron chi connectivity index (χ4n) is 3.39. The maximum atomic E-state index is 10.9. The molecule has 1 rings (SSSR count). The largest absolute Gasteiger partial charge is 0.460 e. The van der Waals surface area contributed by atoms with Crippen LogP contribution in [0.15, 0.2) is 12.7 Å². The topological polar surface area (TPSA) is 116 Å². The third-order valence-electron chi connectivity index (χ3n) is 5.54. The van der Waals surface area contributed by atoms with E-state index in [9.17, 15) is 4.79 Å². The van der Waals surface area contributed by atoms with Gasteiger partial charge in [-0.05, 0) is 0 Å². The molecule has 13 nitrogen and oxygen atoms in total. The molecule has 0 spiro atoms. The Morgan fingerprint density at radius 1 is 0.550 bits per heavy atom. The smallest absolute Gasteiger partial charge is 0.330 e. The van der Waals surface area contributed by atoms with Crippen LogP contribution < -0.4 is 0 Å². The van der Waals surface area contributed by atoms with Crippen LogP contribution in [-0.4, -0.2) is 175 Å². The molecule has 236 valence electrons. The summed E-state index contributed by atoms with van der Waals surface area (Å²) in [6.07, 6.45) is 1.13. The van der Waals surface area contributed by atoms with Gasteiger partial charge in [0.1, 0.15) is 6.61 Å². The number of nitrogens with zero attached hydrogens (tertiary/aromatic N) is 2. The predicted octanol–water partition coefficient (Wildman–Crippen LogP) is 0.0699. The second kappa shape index (κ2) is 29.3. The van der Waals surface area contributed by atoms with Gasteiger partial charge < -0.3 is 47.4 Å². The molecule has 1 aliphatic rings. The Balaban J connectivity index is 1.74. The van der Waals surface area contributed by atoms with E-state index in [0.717, 1.165) is 38.9 Å². The minimum Gasteiger partial charge on any atom is -0.460 e. The molecule has 0 aromatic rings. The summed E-state index contributed by atoms with van der Waals surface area (Å²) in [6, 6.07) is 0. The summed E-state index contributed by atoms with van der Waals surface area (Å²) in [6.45, 7) is 17.7. The minimum atomic E-state index is -0.446. The zero-order valence-electron chi connectivity index (χ0n) is 24.4. The van der Waals surface area contributed by atoms with Crippen LogP contribution in [0.2, 0.25) is 0 Å². The van der Waals surface area contributed by atoms with Gasteiger partial charge in [0, 0.05) is 39.4 Å². The summed E-state index contributed by atoms with van der Waals surface area (Å²) in [5.41, 5.74) is 0. The van der Waals surface area contributed by atoms with Crippen LogP contribution in [0.5, 0.6) is 0 Å². The molecule has 0 aliphatic carbocycles. The molecular formula is C27H52N2O11. The van der Waals surface area contributed by atoms with Crippen molar-refractivity contribution in [3.05, 3.63) is 12.7 Å². The van der Waals surface area contributed by atoms with Gasteiger partial charge in [-0.1, -0.05) is 6.58 Å². The molecule has 0 atom stereocenters. The second-order valence-corrected chi connectivity index (χ2v) is 8.64. The van der Waals surface area contributed by atoms with Crippen molar-refractivity contribution < 1.29 is 52.2 Å². The van der Waals surface area contributed by atoms with Gasteiger partial charge in [0.15, 0.2) is 0 Å². The molecule has 1 heterocycles. The van der Waals surface area contributed by atoms with E-state index in [1.54, 1.807) is 7.11 Å². The molecule has 0 unspecified atom stereocenters. The lowest BCUT2D eigenvalue weighted by atomic mass is 10.5. The maximum absolute atomic E-state index is 10.9. The Morgan fingerprint density at radius 2 is 0.875 bits per heavy atom. The van der Waals surface area contributed by atoms with E-state index in [1.807, 2.05) is 0 Å². The molecule has 1 aliphatic heterocycles. The lowest BCUT2D eigenvalue weighted by molar-refractivity contribution is -0.139. The van der Waals surface area contributed by atoms with Crippen LogP contribution in [0.3, 0.4) is 0 Å². The highest BCUT2D eigenvalue weighted by molar-refractivity contribution is 5.81. The van der Waals surface area contributed by atoms with Crippen molar-refractivity contribution in [2.24, 2.45) is 0 Å². The lowest BCUT2D eigenvalue weighted by Crippen LogP contribution is -2.30. The number of ether oxygens (including phenoxy) is 10. The van der Waals surface area contributed by atoms with Crippen molar-refractivity contribution >= 4 is 5.97 Å². The van der Waals surface area contributed by atoms with Gasteiger partial charge in [-0.25, -0.2) is 4.79 Å². The summed E-state index contributed by atoms with van der Waals surface area (Å²) in [5, 5.41) is 0. The molecular weight excluding hydrogens is 528 g/mol. The van der Waals surface area contributed by atoms with Gasteiger partial charge in [-0.3, -0.25) is 9.80 Å². The van der Waals surface area contributed by atoms with E-state index < -0.39 is 5.97 Å². The molecule has 0 saturated carbocycles. The number of hydrogen-bond acceptors (Lipinski definition) is 13. The van der Waals surface area contributed by atoms with E-state index in [4.69, 9.17) is 47.4 Å². The molecule has 0 radical (unpaired) electrons. The Bertz CT molecular complexity index is 575. The zero-order valence-corrected chi connectivity index (χ0v) is 24.4. The first-order valence-corrected chi connectivity index (χ1v) is 14.1. The van der Waals surface area contributed by atoms with E-state index >= 15 is 0 Å². The van der Waals surface area contributed by atoms with Crippen LogP contribution in [0, 0.1) is 0 Å². The van der Waals surface area contributed by atoms with E-state index in [2.05, 4.69) is 16.4 Å². The monoisotopic (exact) mass is 580 g/mol. The standard InChI is InChI=1S/C27H52N2O11/c1-3-27(30)40-25-24-39-23-22-36-15-13-33-9-7-29-5-4-28(26-29)6-8-32-12-14-35-18-19-38-21-20-37-17-16-34-11-10-31-2/h3H,1,4-26H2,2H3. The Morgan fingerprint density at radius 3 is 1.23 bits per heavy atom. The molecule has 0 amide bonds. The van der Waals surface area contributed by atoms with Crippen molar-refractivity contribution in [3.8, 4) is 0 Å². The van der Waals surface area contributed by atoms with E-state index in [-0.39, 0.29) is 6.61 Å². The molecule has 1 fully saturated rings. The van der Waals surface area contributed by atoms with Crippen molar-refractivity contribution in [3.63, 3.8) is 0 Å². The third-order valence-corrected chi connectivity index (χ3v) is 5.54. The third kappa shape index (κ3) is 24.6. The maximum Gasteiger partial charge on any atom is 0.330 e. The molecule has 0 N–H and O–H groups in total. The molecule has 0 aromatic carbocycles. The van der Waals surface area contributed by atoms with Crippen LogP contribution in [0.25, 0.3) is 0 Å². The summed E-state index contributed by atoms with van der Waals surface area (Å²) < 4.78 is 53.5. The molecule has 1 saturated heterocycles. The van der Waals surface area contributed by atoms with Gasteiger partial charge in [-0.15, -0.1) is 0 Å². The van der Waals surface area contributed by atoms with Gasteiger partial charge in [0.2, 0.25) is 0 Å². The Kier molecular flexibility index (Phi) is 26.9. The predicted molar refractivity (Wildman–Crippen MR) is 148 cm³/mol. The van der Waals surface area contributed by atoms with E-state index in [0.29, 0.717) is 112 Å². The average molecular weight is 581 g/mol. The highest BCUT2D eigenvalue weighted by atomic mass is 16.6. The summed E-state index contributed by atoms with van der Waals surface area (Å²) in [7, 11) is 1.65. The van der Waals surface area contributed by atoms with Crippen molar-refractivity contribution in [1.29, 1.82) is 0 Å². The van der Waals surface area contributed by atoms with Crippen LogP contribution in [-0.2, 0) is 52.2 Å². The van der Waals surface area contributed by atoms with Crippen LogP contribution in [0.1, 0.15) is 0 Å². The normalized spacial score (nSPS) is 14.2. The molecule has 0 aromatic heterocycles. The van der Waals surface area contributed by atoms with Crippen LogP contribution in [0.4, 0.5) is 0 Å². The van der Waals surface area contributed by atoms with E-state index in [1.165, 1.54) is 0 Å². The molecule has 0 bridgehead atoms. The fourth-order valence-corrected chi connectivity index (χ4v) is 3.39. The van der Waals surface area contributed by atoms with Crippen molar-refractivity contribution in [2.75, 3.05) is 159 Å². The van der Waals surface area contributed by atoms with Crippen molar-refractivity contribution in [2.45, 2.75) is 0 Å². The van der Waals surface area contributed by atoms with Gasteiger partial charge >= 0.3 is 5.97 Å². The molecule has 13 heteroatoms. The SMILES string of the molecule is C=CC(=O)OCCOCCOCCOCCN1CCN(CCOCCOCCOCCOCCOCCOC)C1. The van der Waals surface area contributed by atoms with Crippen LogP contribution >= 0.6 is 0 Å². The average Bonchev–Trinajstić information content (AvgIpc) is 3.42. The highest BCUT2D eigenvalue weighted by Crippen LogP contribution is 2.04. The lowest BCUT2D eigenvalue weighted by Gasteiger charge is -2.18. The number of rotatable bonds is 31. The van der Waals surface area contributed by atoms with Gasteiger partial charge in [0.25, 0.3) is 0 Å². The number of hydrogen-bond donors (Lipinski definition) is 0. The first-order valence-electron chi connectivity index (χ1n) is 14.1. The Labute approximate surface area is 239 Å². The Hall–Kier alpha value is -1.23. The van der Waals surface area contributed by atoms with Gasteiger partial charge in [-0.2, -0.15) is 0 Å². The first-order chi connectivity index (χ1) is 19.8. The summed E-state index contributed by atoms with van der Waals surface area (Å²) in [4.78, 5) is 15.6. The minimum absolute atomic E-state index is 0.215.